The van der Waals surface area contributed by atoms with Crippen LogP contribution in [0.25, 0.3) is 0 Å². The first-order valence-electron chi connectivity index (χ1n) is 6.20. The van der Waals surface area contributed by atoms with Gasteiger partial charge in [0.1, 0.15) is 6.10 Å². The van der Waals surface area contributed by atoms with Crippen LogP contribution in [0.2, 0.25) is 0 Å². The lowest BCUT2D eigenvalue weighted by atomic mass is 10.2. The lowest BCUT2D eigenvalue weighted by Crippen LogP contribution is -2.44. The van der Waals surface area contributed by atoms with Crippen LogP contribution in [0.15, 0.2) is 4.52 Å². The topological polar surface area (TPSA) is 63.4 Å². The molecule has 0 saturated carbocycles. The van der Waals surface area contributed by atoms with Gasteiger partial charge in [0.25, 0.3) is 5.89 Å². The predicted molar refractivity (Wildman–Crippen MR) is 67.7 cm³/mol. The molecule has 0 spiro atoms. The van der Waals surface area contributed by atoms with Crippen molar-refractivity contribution in [2.75, 3.05) is 33.3 Å². The Morgan fingerprint density at radius 1 is 1.44 bits per heavy atom. The maximum absolute atomic E-state index is 5.54. The van der Waals surface area contributed by atoms with Gasteiger partial charge in [0.15, 0.2) is 5.82 Å². The van der Waals surface area contributed by atoms with E-state index in [0.29, 0.717) is 5.89 Å². The summed E-state index contributed by atoms with van der Waals surface area (Å²) in [6.45, 7) is 3.70. The van der Waals surface area contributed by atoms with Crippen LogP contribution in [0.4, 0.5) is 0 Å². The molecule has 1 aromatic rings. The Kier molecular flexibility index (Phi) is 4.55. The Labute approximate surface area is 112 Å². The molecule has 0 bridgehead atoms. The van der Waals surface area contributed by atoms with E-state index >= 15 is 0 Å². The van der Waals surface area contributed by atoms with Gasteiger partial charge < -0.3 is 14.6 Å². The number of aromatic nitrogens is 2. The molecule has 6 nitrogen and oxygen atoms in total. The third-order valence-electron chi connectivity index (χ3n) is 3.47. The van der Waals surface area contributed by atoms with E-state index in [1.807, 2.05) is 0 Å². The Hall–Kier alpha value is -0.690. The maximum atomic E-state index is 5.54. The minimum absolute atomic E-state index is 0. The predicted octanol–water partition coefficient (Wildman–Crippen LogP) is 0.919. The number of nitrogens with zero attached hydrogens (tertiary/aromatic N) is 3. The summed E-state index contributed by atoms with van der Waals surface area (Å²) in [5.74, 6) is 1.40. The van der Waals surface area contributed by atoms with E-state index in [9.17, 15) is 0 Å². The molecule has 18 heavy (non-hydrogen) atoms. The first-order chi connectivity index (χ1) is 8.34. The van der Waals surface area contributed by atoms with Gasteiger partial charge in [0, 0.05) is 26.2 Å². The number of piperazine rings is 1. The van der Waals surface area contributed by atoms with Crippen molar-refractivity contribution >= 4 is 12.4 Å². The molecule has 0 aliphatic carbocycles. The van der Waals surface area contributed by atoms with Crippen molar-refractivity contribution in [3.8, 4) is 0 Å². The maximum Gasteiger partial charge on any atom is 0.255 e. The zero-order valence-corrected chi connectivity index (χ0v) is 11.3. The van der Waals surface area contributed by atoms with E-state index in [4.69, 9.17) is 9.26 Å². The molecular formula is C11H19ClN4O2. The van der Waals surface area contributed by atoms with Crippen molar-refractivity contribution in [3.63, 3.8) is 0 Å². The summed E-state index contributed by atoms with van der Waals surface area (Å²) in [6.07, 6.45) is 2.08. The molecule has 2 fully saturated rings. The highest BCUT2D eigenvalue weighted by molar-refractivity contribution is 5.85. The molecule has 3 heterocycles. The summed E-state index contributed by atoms with van der Waals surface area (Å²) >= 11 is 0. The standard InChI is InChI=1S/C11H18N4O2.ClH/c1-15-5-4-12-7-8(15)10-13-11(17-14-10)9-3-2-6-16-9;/h8-9,12H,2-7H2,1H3;1H. The van der Waals surface area contributed by atoms with Gasteiger partial charge >= 0.3 is 0 Å². The van der Waals surface area contributed by atoms with Crippen LogP contribution in [0.5, 0.6) is 0 Å². The van der Waals surface area contributed by atoms with Gasteiger partial charge in [-0.25, -0.2) is 0 Å². The fourth-order valence-electron chi connectivity index (χ4n) is 2.38. The van der Waals surface area contributed by atoms with Crippen LogP contribution in [0, 0.1) is 0 Å². The van der Waals surface area contributed by atoms with Crippen LogP contribution < -0.4 is 5.32 Å². The second-order valence-corrected chi connectivity index (χ2v) is 4.69. The quantitative estimate of drug-likeness (QED) is 0.865. The van der Waals surface area contributed by atoms with Crippen LogP contribution in [-0.4, -0.2) is 48.3 Å². The van der Waals surface area contributed by atoms with E-state index in [-0.39, 0.29) is 24.6 Å². The largest absolute Gasteiger partial charge is 0.368 e. The second-order valence-electron chi connectivity index (χ2n) is 4.69. The Balaban J connectivity index is 0.00000120. The average molecular weight is 275 g/mol. The number of nitrogens with one attached hydrogen (secondary N) is 1. The van der Waals surface area contributed by atoms with Crippen molar-refractivity contribution in [3.05, 3.63) is 11.7 Å². The molecule has 7 heteroatoms. The summed E-state index contributed by atoms with van der Waals surface area (Å²) in [6, 6.07) is 0.211. The van der Waals surface area contributed by atoms with Gasteiger partial charge in [0.05, 0.1) is 6.04 Å². The van der Waals surface area contributed by atoms with Crippen LogP contribution in [0.3, 0.4) is 0 Å². The molecule has 2 aliphatic rings. The average Bonchev–Trinajstić information content (AvgIpc) is 3.00. The molecule has 102 valence electrons. The fourth-order valence-corrected chi connectivity index (χ4v) is 2.38. The van der Waals surface area contributed by atoms with Crippen molar-refractivity contribution in [2.24, 2.45) is 0 Å². The summed E-state index contributed by atoms with van der Waals surface area (Å²) < 4.78 is 10.9. The molecule has 0 amide bonds. The zero-order chi connectivity index (χ0) is 11.7. The highest BCUT2D eigenvalue weighted by atomic mass is 35.5. The molecule has 2 aliphatic heterocycles. The SMILES string of the molecule is CN1CCNCC1c1noc(C2CCCO2)n1.Cl. The highest BCUT2D eigenvalue weighted by Gasteiger charge is 2.28. The molecule has 2 atom stereocenters. The van der Waals surface area contributed by atoms with Crippen LogP contribution in [-0.2, 0) is 4.74 Å². The van der Waals surface area contributed by atoms with Gasteiger partial charge in [-0.15, -0.1) is 12.4 Å². The molecule has 3 rings (SSSR count). The summed E-state index contributed by atoms with van der Waals surface area (Å²) in [4.78, 5) is 6.73. The fraction of sp³-hybridized carbons (Fsp3) is 0.818. The van der Waals surface area contributed by atoms with E-state index in [0.717, 1.165) is 44.9 Å². The highest BCUT2D eigenvalue weighted by Crippen LogP contribution is 2.28. The third kappa shape index (κ3) is 2.66. The molecular weight excluding hydrogens is 256 g/mol. The van der Waals surface area contributed by atoms with E-state index in [1.165, 1.54) is 0 Å². The number of likely N-dealkylation sites (N-methyl/N-ethyl adjacent to an activating group) is 1. The monoisotopic (exact) mass is 274 g/mol. The van der Waals surface area contributed by atoms with Gasteiger partial charge in [-0.1, -0.05) is 5.16 Å². The van der Waals surface area contributed by atoms with E-state index in [2.05, 4.69) is 27.4 Å². The second kappa shape index (κ2) is 5.97. The molecule has 2 saturated heterocycles. The lowest BCUT2D eigenvalue weighted by molar-refractivity contribution is 0.0835. The van der Waals surface area contributed by atoms with Crippen molar-refractivity contribution in [2.45, 2.75) is 25.0 Å². The van der Waals surface area contributed by atoms with Crippen LogP contribution in [0.1, 0.15) is 36.7 Å². The Morgan fingerprint density at radius 2 is 2.33 bits per heavy atom. The molecule has 0 radical (unpaired) electrons. The van der Waals surface area contributed by atoms with E-state index in [1.54, 1.807) is 0 Å². The molecule has 1 N–H and O–H groups in total. The van der Waals surface area contributed by atoms with Crippen molar-refractivity contribution in [1.29, 1.82) is 0 Å². The number of halogens is 1. The number of hydrogen-bond donors (Lipinski definition) is 1. The van der Waals surface area contributed by atoms with Gasteiger partial charge in [-0.3, -0.25) is 4.90 Å². The normalized spacial score (nSPS) is 29.2. The van der Waals surface area contributed by atoms with Crippen molar-refractivity contribution < 1.29 is 9.26 Å². The smallest absolute Gasteiger partial charge is 0.255 e. The molecule has 2 unspecified atom stereocenters. The molecule has 1 aromatic heterocycles. The molecule has 0 aromatic carbocycles. The summed E-state index contributed by atoms with van der Waals surface area (Å²) in [7, 11) is 2.09. The number of hydrogen-bond acceptors (Lipinski definition) is 6. The van der Waals surface area contributed by atoms with Gasteiger partial charge in [-0.05, 0) is 19.9 Å². The van der Waals surface area contributed by atoms with Crippen molar-refractivity contribution in [1.82, 2.24) is 20.4 Å². The Bertz CT molecular complexity index is 381. The van der Waals surface area contributed by atoms with E-state index < -0.39 is 0 Å². The van der Waals surface area contributed by atoms with Gasteiger partial charge in [-0.2, -0.15) is 4.98 Å². The summed E-state index contributed by atoms with van der Waals surface area (Å²) in [5, 5.41) is 7.44. The first-order valence-corrected chi connectivity index (χ1v) is 6.20. The summed E-state index contributed by atoms with van der Waals surface area (Å²) in [5.41, 5.74) is 0. The van der Waals surface area contributed by atoms with Gasteiger partial charge in [0.2, 0.25) is 0 Å². The lowest BCUT2D eigenvalue weighted by Gasteiger charge is -2.30. The minimum atomic E-state index is 0. The first kappa shape index (κ1) is 13.7. The zero-order valence-electron chi connectivity index (χ0n) is 10.5. The third-order valence-corrected chi connectivity index (χ3v) is 3.47. The number of rotatable bonds is 2. The Morgan fingerprint density at radius 3 is 3.06 bits per heavy atom. The number of ether oxygens (including phenoxy) is 1. The van der Waals surface area contributed by atoms with Crippen LogP contribution >= 0.6 is 12.4 Å². The minimum Gasteiger partial charge on any atom is -0.368 e.